The van der Waals surface area contributed by atoms with Crippen LogP contribution < -0.4 is 15.4 Å². The summed E-state index contributed by atoms with van der Waals surface area (Å²) in [5.74, 6) is 0.268. The van der Waals surface area contributed by atoms with E-state index in [4.69, 9.17) is 4.74 Å². The van der Waals surface area contributed by atoms with Gasteiger partial charge in [0.1, 0.15) is 5.75 Å². The van der Waals surface area contributed by atoms with E-state index in [0.717, 1.165) is 0 Å². The quantitative estimate of drug-likeness (QED) is 0.891. The van der Waals surface area contributed by atoms with E-state index in [0.29, 0.717) is 17.1 Å². The number of rotatable bonds is 5. The molecule has 1 atom stereocenters. The van der Waals surface area contributed by atoms with Gasteiger partial charge >= 0.3 is 0 Å². The van der Waals surface area contributed by atoms with Crippen LogP contribution in [0.5, 0.6) is 5.75 Å². The lowest BCUT2D eigenvalue weighted by atomic mass is 10.2. The van der Waals surface area contributed by atoms with E-state index in [1.54, 1.807) is 43.3 Å². The van der Waals surface area contributed by atoms with Crippen molar-refractivity contribution in [1.29, 1.82) is 0 Å². The molecule has 2 N–H and O–H groups in total. The predicted octanol–water partition coefficient (Wildman–Crippen LogP) is 3.05. The lowest BCUT2D eigenvalue weighted by Crippen LogP contribution is -2.30. The zero-order valence-corrected chi connectivity index (χ0v) is 12.5. The molecule has 22 heavy (non-hydrogen) atoms. The Morgan fingerprint density at radius 3 is 2.00 bits per heavy atom. The van der Waals surface area contributed by atoms with Crippen molar-refractivity contribution in [3.8, 4) is 5.75 Å². The second-order valence-corrected chi connectivity index (χ2v) is 4.82. The van der Waals surface area contributed by atoms with Gasteiger partial charge in [-0.2, -0.15) is 0 Å². The van der Waals surface area contributed by atoms with Crippen LogP contribution in [0.2, 0.25) is 0 Å². The van der Waals surface area contributed by atoms with Gasteiger partial charge < -0.3 is 15.4 Å². The fourth-order valence-electron chi connectivity index (χ4n) is 1.84. The van der Waals surface area contributed by atoms with Crippen molar-refractivity contribution in [2.45, 2.75) is 20.0 Å². The highest BCUT2D eigenvalue weighted by Crippen LogP contribution is 2.15. The second-order valence-electron chi connectivity index (χ2n) is 4.82. The number of anilines is 2. The molecule has 0 aliphatic heterocycles. The SMILES string of the molecule is CC(=O)Nc1ccc(NC(=O)[C@H](C)Oc2ccccc2)cc1. The van der Waals surface area contributed by atoms with E-state index in [1.165, 1.54) is 6.92 Å². The standard InChI is InChI=1S/C17H18N2O3/c1-12(22-16-6-4-3-5-7-16)17(21)19-15-10-8-14(9-11-15)18-13(2)20/h3-12H,1-2H3,(H,18,20)(H,19,21)/t12-/m0/s1. The summed E-state index contributed by atoms with van der Waals surface area (Å²) in [7, 11) is 0. The molecule has 5 heteroatoms. The second kappa shape index (κ2) is 7.26. The molecule has 0 radical (unpaired) electrons. The Kier molecular flexibility index (Phi) is 5.14. The molecule has 0 aliphatic rings. The summed E-state index contributed by atoms with van der Waals surface area (Å²) in [6.07, 6.45) is -0.613. The number of hydrogen-bond acceptors (Lipinski definition) is 3. The largest absolute Gasteiger partial charge is 0.481 e. The van der Waals surface area contributed by atoms with Crippen LogP contribution in [0.25, 0.3) is 0 Å². The third kappa shape index (κ3) is 4.63. The molecule has 2 aromatic carbocycles. The molecule has 0 bridgehead atoms. The first-order chi connectivity index (χ1) is 10.5. The maximum Gasteiger partial charge on any atom is 0.265 e. The van der Waals surface area contributed by atoms with Gasteiger partial charge in [0, 0.05) is 18.3 Å². The number of carbonyl (C=O) groups excluding carboxylic acids is 2. The highest BCUT2D eigenvalue weighted by atomic mass is 16.5. The summed E-state index contributed by atoms with van der Waals surface area (Å²) < 4.78 is 5.56. The maximum atomic E-state index is 12.1. The molecule has 2 rings (SSSR count). The van der Waals surface area contributed by atoms with Gasteiger partial charge in [-0.15, -0.1) is 0 Å². The van der Waals surface area contributed by atoms with Crippen LogP contribution in [0.1, 0.15) is 13.8 Å². The van der Waals surface area contributed by atoms with Gasteiger partial charge in [-0.25, -0.2) is 0 Å². The van der Waals surface area contributed by atoms with Gasteiger partial charge in [0.05, 0.1) is 0 Å². The Bertz CT molecular complexity index is 639. The number of carbonyl (C=O) groups is 2. The highest BCUT2D eigenvalue weighted by molar-refractivity contribution is 5.94. The minimum Gasteiger partial charge on any atom is -0.481 e. The molecule has 0 saturated carbocycles. The van der Waals surface area contributed by atoms with Crippen molar-refractivity contribution >= 4 is 23.2 Å². The summed E-state index contributed by atoms with van der Waals surface area (Å²) >= 11 is 0. The van der Waals surface area contributed by atoms with Crippen LogP contribution in [0.15, 0.2) is 54.6 Å². The first-order valence-electron chi connectivity index (χ1n) is 6.95. The third-order valence-electron chi connectivity index (χ3n) is 2.90. The topological polar surface area (TPSA) is 67.4 Å². The van der Waals surface area contributed by atoms with Crippen LogP contribution in [-0.2, 0) is 9.59 Å². The van der Waals surface area contributed by atoms with E-state index in [9.17, 15) is 9.59 Å². The molecule has 2 aromatic rings. The normalized spacial score (nSPS) is 11.4. The van der Waals surface area contributed by atoms with Gasteiger partial charge in [-0.3, -0.25) is 9.59 Å². The molecule has 0 saturated heterocycles. The zero-order chi connectivity index (χ0) is 15.9. The van der Waals surface area contributed by atoms with E-state index in [1.807, 2.05) is 18.2 Å². The summed E-state index contributed by atoms with van der Waals surface area (Å²) in [5, 5.41) is 5.43. The van der Waals surface area contributed by atoms with Crippen molar-refractivity contribution in [2.24, 2.45) is 0 Å². The molecular weight excluding hydrogens is 280 g/mol. The number of nitrogens with one attached hydrogen (secondary N) is 2. The minimum absolute atomic E-state index is 0.137. The molecule has 0 spiro atoms. The Labute approximate surface area is 129 Å². The Morgan fingerprint density at radius 1 is 0.909 bits per heavy atom. The third-order valence-corrected chi connectivity index (χ3v) is 2.90. The molecule has 114 valence electrons. The van der Waals surface area contributed by atoms with E-state index in [2.05, 4.69) is 10.6 Å². The van der Waals surface area contributed by atoms with E-state index >= 15 is 0 Å². The summed E-state index contributed by atoms with van der Waals surface area (Å²) in [5.41, 5.74) is 1.32. The van der Waals surface area contributed by atoms with E-state index < -0.39 is 6.10 Å². The first kappa shape index (κ1) is 15.6. The Hall–Kier alpha value is -2.82. The van der Waals surface area contributed by atoms with Crippen molar-refractivity contribution in [3.63, 3.8) is 0 Å². The maximum absolute atomic E-state index is 12.1. The fraction of sp³-hybridized carbons (Fsp3) is 0.176. The Morgan fingerprint density at radius 2 is 1.45 bits per heavy atom. The Balaban J connectivity index is 1.92. The van der Waals surface area contributed by atoms with Crippen LogP contribution in [-0.4, -0.2) is 17.9 Å². The molecule has 0 fully saturated rings. The van der Waals surface area contributed by atoms with Crippen molar-refractivity contribution in [1.82, 2.24) is 0 Å². The van der Waals surface area contributed by atoms with Crippen molar-refractivity contribution < 1.29 is 14.3 Å². The van der Waals surface area contributed by atoms with Gasteiger partial charge in [0.2, 0.25) is 5.91 Å². The minimum atomic E-state index is -0.613. The molecule has 0 aromatic heterocycles. The average molecular weight is 298 g/mol. The molecular formula is C17H18N2O3. The lowest BCUT2D eigenvalue weighted by Gasteiger charge is -2.14. The fourth-order valence-corrected chi connectivity index (χ4v) is 1.84. The van der Waals surface area contributed by atoms with Gasteiger partial charge in [-0.1, -0.05) is 18.2 Å². The summed E-state index contributed by atoms with van der Waals surface area (Å²) in [4.78, 5) is 23.0. The smallest absolute Gasteiger partial charge is 0.265 e. The van der Waals surface area contributed by atoms with Crippen LogP contribution >= 0.6 is 0 Å². The highest BCUT2D eigenvalue weighted by Gasteiger charge is 2.14. The van der Waals surface area contributed by atoms with Gasteiger partial charge in [0.15, 0.2) is 6.10 Å². The number of amides is 2. The van der Waals surface area contributed by atoms with Crippen molar-refractivity contribution in [2.75, 3.05) is 10.6 Å². The van der Waals surface area contributed by atoms with Crippen LogP contribution in [0.4, 0.5) is 11.4 Å². The first-order valence-corrected chi connectivity index (χ1v) is 6.95. The molecule has 0 aliphatic carbocycles. The molecule has 2 amide bonds. The number of hydrogen-bond donors (Lipinski definition) is 2. The molecule has 0 unspecified atom stereocenters. The number of ether oxygens (including phenoxy) is 1. The summed E-state index contributed by atoms with van der Waals surface area (Å²) in [6.45, 7) is 3.13. The van der Waals surface area contributed by atoms with Crippen molar-refractivity contribution in [3.05, 3.63) is 54.6 Å². The summed E-state index contributed by atoms with van der Waals surface area (Å²) in [6, 6.07) is 16.1. The lowest BCUT2D eigenvalue weighted by molar-refractivity contribution is -0.122. The number of benzene rings is 2. The molecule has 5 nitrogen and oxygen atoms in total. The number of para-hydroxylation sites is 1. The molecule has 0 heterocycles. The zero-order valence-electron chi connectivity index (χ0n) is 12.5. The van der Waals surface area contributed by atoms with Crippen LogP contribution in [0, 0.1) is 0 Å². The van der Waals surface area contributed by atoms with Crippen LogP contribution in [0.3, 0.4) is 0 Å². The predicted molar refractivity (Wildman–Crippen MR) is 85.9 cm³/mol. The van der Waals surface area contributed by atoms with E-state index in [-0.39, 0.29) is 11.8 Å². The van der Waals surface area contributed by atoms with Gasteiger partial charge in [0.25, 0.3) is 5.91 Å². The monoisotopic (exact) mass is 298 g/mol. The van der Waals surface area contributed by atoms with Gasteiger partial charge in [-0.05, 0) is 43.3 Å². The average Bonchev–Trinajstić information content (AvgIpc) is 2.49.